The van der Waals surface area contributed by atoms with Crippen molar-refractivity contribution in [3.05, 3.63) is 18.2 Å². The molecule has 0 N–H and O–H groups in total. The molecule has 0 aromatic carbocycles. The van der Waals surface area contributed by atoms with E-state index in [0.29, 0.717) is 0 Å². The molecule has 1 aliphatic heterocycles. The maximum atomic E-state index is 10.9. The van der Waals surface area contributed by atoms with Crippen molar-refractivity contribution >= 4 is 6.29 Å². The molecule has 1 aromatic rings. The Morgan fingerprint density at radius 3 is 3.13 bits per heavy atom. The fraction of sp³-hybridized carbons (Fsp3) is 0.636. The lowest BCUT2D eigenvalue weighted by Crippen LogP contribution is -2.40. The monoisotopic (exact) mass is 207 g/mol. The molecule has 0 bridgehead atoms. The van der Waals surface area contributed by atoms with Crippen LogP contribution in [0.3, 0.4) is 0 Å². The van der Waals surface area contributed by atoms with Gasteiger partial charge in [0.05, 0.1) is 12.6 Å². The smallest absolute Gasteiger partial charge is 0.137 e. The zero-order valence-electron chi connectivity index (χ0n) is 9.09. The quantitative estimate of drug-likeness (QED) is 0.693. The van der Waals surface area contributed by atoms with Gasteiger partial charge in [-0.2, -0.15) is 0 Å². The average Bonchev–Trinajstić information content (AvgIpc) is 2.65. The largest absolute Gasteiger partial charge is 0.337 e. The molecule has 2 heterocycles. The van der Waals surface area contributed by atoms with Gasteiger partial charge in [-0.3, -0.25) is 4.90 Å². The second-order valence-corrected chi connectivity index (χ2v) is 4.12. The molecule has 82 valence electrons. The number of nitrogens with zero attached hydrogens (tertiary/aromatic N) is 3. The predicted octanol–water partition coefficient (Wildman–Crippen LogP) is 0.973. The minimum Gasteiger partial charge on any atom is -0.337 e. The summed E-state index contributed by atoms with van der Waals surface area (Å²) >= 11 is 0. The van der Waals surface area contributed by atoms with Gasteiger partial charge in [-0.1, -0.05) is 6.42 Å². The van der Waals surface area contributed by atoms with Crippen molar-refractivity contribution in [2.75, 3.05) is 6.54 Å². The van der Waals surface area contributed by atoms with E-state index in [1.54, 1.807) is 6.20 Å². The summed E-state index contributed by atoms with van der Waals surface area (Å²) in [4.78, 5) is 17.4. The molecule has 4 heteroatoms. The molecule has 0 aliphatic carbocycles. The number of hydrogen-bond acceptors (Lipinski definition) is 3. The van der Waals surface area contributed by atoms with Gasteiger partial charge in [0.2, 0.25) is 0 Å². The van der Waals surface area contributed by atoms with Gasteiger partial charge < -0.3 is 9.36 Å². The zero-order chi connectivity index (χ0) is 10.7. The van der Waals surface area contributed by atoms with E-state index in [1.807, 2.05) is 17.8 Å². The standard InChI is InChI=1S/C11H17N3O/c1-13-7-5-12-11(13)8-14-6-3-2-4-10(14)9-15/h5,7,9-10H,2-4,6,8H2,1H3. The number of carbonyl (C=O) groups is 1. The summed E-state index contributed by atoms with van der Waals surface area (Å²) in [7, 11) is 1.99. The van der Waals surface area contributed by atoms with Gasteiger partial charge in [0.15, 0.2) is 0 Å². The first-order valence-electron chi connectivity index (χ1n) is 5.47. The van der Waals surface area contributed by atoms with E-state index in [2.05, 4.69) is 9.88 Å². The fourth-order valence-electron chi connectivity index (χ4n) is 2.10. The van der Waals surface area contributed by atoms with Gasteiger partial charge >= 0.3 is 0 Å². The van der Waals surface area contributed by atoms with Crippen LogP contribution >= 0.6 is 0 Å². The highest BCUT2D eigenvalue weighted by atomic mass is 16.1. The number of aromatic nitrogens is 2. The molecular weight excluding hydrogens is 190 g/mol. The van der Waals surface area contributed by atoms with Gasteiger partial charge in [-0.15, -0.1) is 0 Å². The third-order valence-corrected chi connectivity index (χ3v) is 3.09. The van der Waals surface area contributed by atoms with Crippen molar-refractivity contribution in [2.45, 2.75) is 31.8 Å². The molecule has 0 radical (unpaired) electrons. The maximum Gasteiger partial charge on any atom is 0.137 e. The first-order chi connectivity index (χ1) is 7.31. The minimum absolute atomic E-state index is 0.0930. The Kier molecular flexibility index (Phi) is 3.16. The summed E-state index contributed by atoms with van der Waals surface area (Å²) in [5.41, 5.74) is 0. The maximum absolute atomic E-state index is 10.9. The SMILES string of the molecule is Cn1ccnc1CN1CCCCC1C=O. The second-order valence-electron chi connectivity index (χ2n) is 4.12. The van der Waals surface area contributed by atoms with Gasteiger partial charge in [0.1, 0.15) is 12.1 Å². The lowest BCUT2D eigenvalue weighted by Gasteiger charge is -2.31. The third-order valence-electron chi connectivity index (χ3n) is 3.09. The molecule has 0 amide bonds. The van der Waals surface area contributed by atoms with E-state index >= 15 is 0 Å². The number of aryl methyl sites for hydroxylation is 1. The van der Waals surface area contributed by atoms with Crippen LogP contribution in [0.2, 0.25) is 0 Å². The van der Waals surface area contributed by atoms with E-state index in [1.165, 1.54) is 12.8 Å². The number of carbonyl (C=O) groups excluding carboxylic acids is 1. The first kappa shape index (κ1) is 10.4. The Balaban J connectivity index is 2.03. The van der Waals surface area contributed by atoms with Crippen LogP contribution in [0, 0.1) is 0 Å². The Bertz CT molecular complexity index is 334. The van der Waals surface area contributed by atoms with Crippen LogP contribution in [0.25, 0.3) is 0 Å². The molecule has 1 aromatic heterocycles. The van der Waals surface area contributed by atoms with Crippen LogP contribution in [-0.2, 0) is 18.4 Å². The van der Waals surface area contributed by atoms with Crippen molar-refractivity contribution in [3.63, 3.8) is 0 Å². The third kappa shape index (κ3) is 2.26. The Hall–Kier alpha value is -1.16. The Morgan fingerprint density at radius 2 is 2.47 bits per heavy atom. The normalized spacial score (nSPS) is 22.9. The molecule has 4 nitrogen and oxygen atoms in total. The molecular formula is C11H17N3O. The summed E-state index contributed by atoms with van der Waals surface area (Å²) in [6.45, 7) is 1.79. The van der Waals surface area contributed by atoms with E-state index < -0.39 is 0 Å². The molecule has 15 heavy (non-hydrogen) atoms. The summed E-state index contributed by atoms with van der Waals surface area (Å²) in [6, 6.07) is 0.0930. The average molecular weight is 207 g/mol. The molecule has 1 atom stereocenters. The number of rotatable bonds is 3. The highest BCUT2D eigenvalue weighted by Crippen LogP contribution is 2.17. The lowest BCUT2D eigenvalue weighted by molar-refractivity contribution is -0.113. The molecule has 1 fully saturated rings. The van der Waals surface area contributed by atoms with Crippen LogP contribution in [-0.4, -0.2) is 33.3 Å². The van der Waals surface area contributed by atoms with E-state index in [9.17, 15) is 4.79 Å². The number of piperidine rings is 1. The van der Waals surface area contributed by atoms with E-state index in [0.717, 1.165) is 31.6 Å². The number of imidazole rings is 1. The topological polar surface area (TPSA) is 38.1 Å². The number of likely N-dealkylation sites (tertiary alicyclic amines) is 1. The van der Waals surface area contributed by atoms with Gasteiger partial charge in [-0.05, 0) is 19.4 Å². The van der Waals surface area contributed by atoms with Crippen LogP contribution < -0.4 is 0 Å². The van der Waals surface area contributed by atoms with Crippen molar-refractivity contribution in [2.24, 2.45) is 7.05 Å². The first-order valence-corrected chi connectivity index (χ1v) is 5.47. The highest BCUT2D eigenvalue weighted by molar-refractivity contribution is 5.57. The summed E-state index contributed by atoms with van der Waals surface area (Å²) < 4.78 is 2.01. The van der Waals surface area contributed by atoms with E-state index in [4.69, 9.17) is 0 Å². The molecule has 2 rings (SSSR count). The fourth-order valence-corrected chi connectivity index (χ4v) is 2.10. The lowest BCUT2D eigenvalue weighted by atomic mass is 10.0. The van der Waals surface area contributed by atoms with Gasteiger partial charge in [0, 0.05) is 19.4 Å². The summed E-state index contributed by atoms with van der Waals surface area (Å²) in [6.07, 6.45) is 8.16. The molecule has 1 saturated heterocycles. The van der Waals surface area contributed by atoms with Crippen LogP contribution in [0.5, 0.6) is 0 Å². The summed E-state index contributed by atoms with van der Waals surface area (Å²) in [5.74, 6) is 1.03. The minimum atomic E-state index is 0.0930. The molecule has 1 unspecified atom stereocenters. The second kappa shape index (κ2) is 4.57. The molecule has 0 saturated carbocycles. The van der Waals surface area contributed by atoms with Crippen LogP contribution in [0.4, 0.5) is 0 Å². The highest BCUT2D eigenvalue weighted by Gasteiger charge is 2.22. The Morgan fingerprint density at radius 1 is 1.60 bits per heavy atom. The zero-order valence-corrected chi connectivity index (χ0v) is 9.09. The summed E-state index contributed by atoms with van der Waals surface area (Å²) in [5, 5.41) is 0. The van der Waals surface area contributed by atoms with Crippen molar-refractivity contribution in [1.82, 2.24) is 14.5 Å². The van der Waals surface area contributed by atoms with Crippen molar-refractivity contribution in [3.8, 4) is 0 Å². The van der Waals surface area contributed by atoms with Gasteiger partial charge in [0.25, 0.3) is 0 Å². The predicted molar refractivity (Wildman–Crippen MR) is 57.3 cm³/mol. The van der Waals surface area contributed by atoms with Crippen LogP contribution in [0.15, 0.2) is 12.4 Å². The molecule has 1 aliphatic rings. The number of hydrogen-bond donors (Lipinski definition) is 0. The van der Waals surface area contributed by atoms with Crippen molar-refractivity contribution < 1.29 is 4.79 Å². The van der Waals surface area contributed by atoms with Crippen LogP contribution in [0.1, 0.15) is 25.1 Å². The van der Waals surface area contributed by atoms with Crippen molar-refractivity contribution in [1.29, 1.82) is 0 Å². The van der Waals surface area contributed by atoms with E-state index in [-0.39, 0.29) is 6.04 Å². The number of aldehydes is 1. The van der Waals surface area contributed by atoms with Gasteiger partial charge in [-0.25, -0.2) is 4.98 Å². The molecule has 0 spiro atoms. The Labute approximate surface area is 89.9 Å².